The molecule has 0 aromatic heterocycles. The van der Waals surface area contributed by atoms with Gasteiger partial charge in [-0.05, 0) is 30.5 Å². The average molecular weight is 649 g/mol. The number of phenols is 1. The largest absolute Gasteiger partial charge is 2.00 e. The van der Waals surface area contributed by atoms with Crippen LogP contribution in [0.3, 0.4) is 0 Å². The van der Waals surface area contributed by atoms with Gasteiger partial charge in [-0.25, -0.2) is 0 Å². The molecule has 1 rings (SSSR count). The molecule has 0 unspecified atom stereocenters. The minimum atomic E-state index is -5.39. The van der Waals surface area contributed by atoms with E-state index in [0.29, 0.717) is 5.56 Å². The van der Waals surface area contributed by atoms with Crippen molar-refractivity contribution in [1.82, 2.24) is 0 Å². The van der Waals surface area contributed by atoms with Crippen molar-refractivity contribution in [2.75, 3.05) is 0 Å². The molecule has 32 heavy (non-hydrogen) atoms. The first kappa shape index (κ1) is 42.7. The Bertz CT molecular complexity index is 649. The van der Waals surface area contributed by atoms with Crippen molar-refractivity contribution in [3.8, 4) is 5.75 Å². The van der Waals surface area contributed by atoms with Crippen LogP contribution in [0.1, 0.15) is 63.0 Å². The van der Waals surface area contributed by atoms with Gasteiger partial charge < -0.3 is 48.8 Å². The zero-order chi connectivity index (χ0) is 22.9. The molecule has 1 aromatic carbocycles. The van der Waals surface area contributed by atoms with E-state index in [2.05, 4.69) is 12.1 Å². The van der Waals surface area contributed by atoms with Gasteiger partial charge in [-0.1, -0.05) is 56.7 Å². The van der Waals surface area contributed by atoms with Gasteiger partial charge >= 0.3 is 58.4 Å². The molecule has 0 bridgehead atoms. The van der Waals surface area contributed by atoms with Crippen LogP contribution in [0.25, 0.3) is 0 Å². The van der Waals surface area contributed by atoms with E-state index in [4.69, 9.17) is 43.7 Å². The van der Waals surface area contributed by atoms with E-state index in [-0.39, 0.29) is 64.2 Å². The van der Waals surface area contributed by atoms with Crippen LogP contribution in [0.15, 0.2) is 23.4 Å². The topological polar surface area (TPSA) is 225 Å². The predicted octanol–water partition coefficient (Wildman–Crippen LogP) is -1.16. The number of phenolic OH excluding ortho intramolecular Hbond substituents is 1. The van der Waals surface area contributed by atoms with Crippen molar-refractivity contribution in [1.29, 1.82) is 0 Å². The molecule has 0 saturated heterocycles. The molecule has 0 atom stereocenters. The van der Waals surface area contributed by atoms with Crippen molar-refractivity contribution < 1.29 is 107 Å². The van der Waals surface area contributed by atoms with Crippen molar-refractivity contribution in [3.05, 3.63) is 29.3 Å². The minimum Gasteiger partial charge on any atom is -0.822 e. The first-order chi connectivity index (χ1) is 13.3. The van der Waals surface area contributed by atoms with Gasteiger partial charge in [0.1, 0.15) is 5.75 Å². The second-order valence-corrected chi connectivity index (χ2v) is 7.69. The second kappa shape index (κ2) is 24.7. The van der Waals surface area contributed by atoms with E-state index in [0.717, 1.165) is 6.42 Å². The summed E-state index contributed by atoms with van der Waals surface area (Å²) in [6, 6.07) is 5.47. The van der Waals surface area contributed by atoms with Crippen LogP contribution in [0.5, 0.6) is 5.75 Å². The number of aryl methyl sites for hydroxylation is 1. The molecule has 11 nitrogen and oxygen atoms in total. The van der Waals surface area contributed by atoms with Crippen LogP contribution >= 0.6 is 15.6 Å². The maximum absolute atomic E-state index is 9.56. The van der Waals surface area contributed by atoms with Crippen molar-refractivity contribution in [3.63, 3.8) is 0 Å². The average Bonchev–Trinajstić information content (AvgIpc) is 2.54. The number of aromatic hydroxyl groups is 1. The number of hydrogen-bond acceptors (Lipinski definition) is 11. The van der Waals surface area contributed by atoms with Gasteiger partial charge in [0.15, 0.2) is 0 Å². The maximum atomic E-state index is 9.56. The van der Waals surface area contributed by atoms with E-state index in [1.54, 1.807) is 6.07 Å². The number of unbranched alkanes of at least 4 members (excludes halogenated alkanes) is 6. The summed E-state index contributed by atoms with van der Waals surface area (Å²) >= 11 is 0. The third-order valence-electron chi connectivity index (χ3n) is 3.36. The Morgan fingerprint density at radius 1 is 0.844 bits per heavy atom. The number of benzene rings is 1. The number of rotatable bonds is 9. The molecule has 0 fully saturated rings. The molecule has 1 aromatic rings. The zero-order valence-electron chi connectivity index (χ0n) is 18.1. The van der Waals surface area contributed by atoms with Crippen LogP contribution in [-0.4, -0.2) is 16.5 Å². The summed E-state index contributed by atoms with van der Waals surface area (Å²) in [7, 11) is -10.8. The van der Waals surface area contributed by atoms with E-state index < -0.39 is 15.6 Å². The molecule has 0 saturated carbocycles. The molecule has 0 spiro atoms. The van der Waals surface area contributed by atoms with E-state index >= 15 is 0 Å². The Kier molecular flexibility index (Phi) is 33.0. The summed E-state index contributed by atoms with van der Waals surface area (Å²) in [5, 5.41) is 21.0. The number of oxime groups is 1. The van der Waals surface area contributed by atoms with Crippen LogP contribution < -0.4 is 29.4 Å². The third-order valence-corrected chi connectivity index (χ3v) is 3.36. The molecular weight excluding hydrogens is 624 g/mol. The van der Waals surface area contributed by atoms with E-state index in [1.807, 2.05) is 12.1 Å². The number of phosphoric acid groups is 2. The van der Waals surface area contributed by atoms with Crippen LogP contribution in [0, 0.1) is 0 Å². The molecule has 170 valence electrons. The normalized spacial score (nSPS) is 10.3. The molecule has 0 heterocycles. The molecule has 0 amide bonds. The first-order valence-corrected chi connectivity index (χ1v) is 11.7. The summed E-state index contributed by atoms with van der Waals surface area (Å²) in [5.41, 5.74) is 1.75. The zero-order valence-corrected chi connectivity index (χ0v) is 28.8. The molecule has 0 aliphatic rings. The fourth-order valence-electron chi connectivity index (χ4n) is 2.21. The smallest absolute Gasteiger partial charge is 0.822 e. The van der Waals surface area contributed by atoms with Gasteiger partial charge in [-0.2, -0.15) is 15.6 Å². The molecule has 0 radical (unpaired) electrons. The van der Waals surface area contributed by atoms with Crippen molar-refractivity contribution >= 4 is 21.9 Å². The van der Waals surface area contributed by atoms with Gasteiger partial charge in [0.25, 0.3) is 0 Å². The van der Waals surface area contributed by atoms with E-state index in [1.165, 1.54) is 56.7 Å². The van der Waals surface area contributed by atoms with Crippen molar-refractivity contribution in [2.24, 2.45) is 5.16 Å². The summed E-state index contributed by atoms with van der Waals surface area (Å²) in [4.78, 5) is 51.3. The summed E-state index contributed by atoms with van der Waals surface area (Å²) in [6.45, 7) is 2.23. The van der Waals surface area contributed by atoms with Gasteiger partial charge in [-0.15, -0.1) is 0 Å². The van der Waals surface area contributed by atoms with Gasteiger partial charge in [-0.3, -0.25) is 0 Å². The monoisotopic (exact) mass is 645 g/mol. The van der Waals surface area contributed by atoms with Gasteiger partial charge in [0.05, 0.1) is 6.21 Å². The first-order valence-electron chi connectivity index (χ1n) is 8.73. The number of hydrogen-bond donors (Lipinski definition) is 2. The molecule has 0 aliphatic carbocycles. The summed E-state index contributed by atoms with van der Waals surface area (Å²) in [6.07, 6.45) is 11.4. The Hall–Kier alpha value is 0.580. The van der Waals surface area contributed by atoms with E-state index in [9.17, 15) is 5.11 Å². The van der Waals surface area contributed by atoms with Crippen LogP contribution in [0.4, 0.5) is 0 Å². The molecule has 0 aliphatic heterocycles. The molecule has 2 N–H and O–H groups in total. The third kappa shape index (κ3) is 40.9. The molecular formula is C16H25NO10P2Zn3. The van der Waals surface area contributed by atoms with Crippen LogP contribution in [-0.2, 0) is 74.0 Å². The second-order valence-electron chi connectivity index (χ2n) is 5.90. The summed E-state index contributed by atoms with van der Waals surface area (Å²) < 4.78 is 17.1. The molecule has 16 heteroatoms. The quantitative estimate of drug-likeness (QED) is 0.0815. The van der Waals surface area contributed by atoms with Crippen molar-refractivity contribution in [2.45, 2.75) is 58.3 Å². The fourth-order valence-corrected chi connectivity index (χ4v) is 2.21. The fraction of sp³-hybridized carbons (Fsp3) is 0.562. The van der Waals surface area contributed by atoms with Crippen LogP contribution in [0.2, 0.25) is 0 Å². The van der Waals surface area contributed by atoms with Gasteiger partial charge in [0, 0.05) is 5.56 Å². The Morgan fingerprint density at radius 3 is 1.66 bits per heavy atom. The minimum absolute atomic E-state index is 0. The van der Waals surface area contributed by atoms with Gasteiger partial charge in [0.2, 0.25) is 0 Å². The maximum Gasteiger partial charge on any atom is 2.00 e. The number of nitrogens with zero attached hydrogens (tertiary/aromatic N) is 1. The predicted molar refractivity (Wildman–Crippen MR) is 94.4 cm³/mol. The Labute approximate surface area is 226 Å². The SMILES string of the molecule is CCCCCCCCCc1ccc(O)c(C=NO)c1.O=P([O-])([O-])[O-].O=P([O-])([O-])[O-].[Zn+2].[Zn+2].[Zn+2]. The summed E-state index contributed by atoms with van der Waals surface area (Å²) in [5.74, 6) is 0.154. The Balaban J connectivity index is -0.000000158. The standard InChI is InChI=1S/C16H25NO2.2H3O4P.3Zn/c1-2-3-4-5-6-7-8-9-14-10-11-16(18)15(12-14)13-17-19;2*1-5(2,3)4;;;/h10-13,18-19H,2-9H2,1H3;2*(H3,1,2,3,4);;;/q;;;3*+2/p-6. The Morgan fingerprint density at radius 2 is 1.25 bits per heavy atom.